The molecule has 0 amide bonds. The van der Waals surface area contributed by atoms with Gasteiger partial charge in [0.2, 0.25) is 0 Å². The van der Waals surface area contributed by atoms with Crippen molar-refractivity contribution in [3.63, 3.8) is 0 Å². The maximum absolute atomic E-state index is 9.11. The van der Waals surface area contributed by atoms with Crippen molar-refractivity contribution in [2.24, 2.45) is 0 Å². The van der Waals surface area contributed by atoms with Crippen LogP contribution in [0.25, 0.3) is 0 Å². The van der Waals surface area contributed by atoms with Crippen molar-refractivity contribution < 1.29 is 0 Å². The molecular formula is C15H21N3. The fourth-order valence-corrected chi connectivity index (χ4v) is 2.54. The summed E-state index contributed by atoms with van der Waals surface area (Å²) < 4.78 is 0. The van der Waals surface area contributed by atoms with Gasteiger partial charge >= 0.3 is 0 Å². The smallest absolute Gasteiger partial charge is 0.101 e. The standard InChI is InChI=1S/C15H21N3/c1-12-5-6-14(10-16)15(9-12)17-13(2)11-18-7-3-4-8-18/h5-6,9,13,17H,3-4,7-8,11H2,1-2H3. The zero-order valence-electron chi connectivity index (χ0n) is 11.2. The van der Waals surface area contributed by atoms with Crippen molar-refractivity contribution in [3.05, 3.63) is 29.3 Å². The largest absolute Gasteiger partial charge is 0.380 e. The predicted molar refractivity (Wildman–Crippen MR) is 74.7 cm³/mol. The minimum Gasteiger partial charge on any atom is -0.380 e. The third-order valence-corrected chi connectivity index (χ3v) is 3.43. The molecule has 1 aromatic carbocycles. The normalized spacial score (nSPS) is 17.4. The maximum atomic E-state index is 9.11. The van der Waals surface area contributed by atoms with E-state index in [9.17, 15) is 0 Å². The highest BCUT2D eigenvalue weighted by atomic mass is 15.2. The molecule has 0 spiro atoms. The van der Waals surface area contributed by atoms with Crippen LogP contribution in [0.1, 0.15) is 30.9 Å². The van der Waals surface area contributed by atoms with Crippen LogP contribution in [0, 0.1) is 18.3 Å². The number of benzene rings is 1. The van der Waals surface area contributed by atoms with Gasteiger partial charge < -0.3 is 10.2 Å². The first-order chi connectivity index (χ1) is 8.69. The topological polar surface area (TPSA) is 39.1 Å². The van der Waals surface area contributed by atoms with Crippen molar-refractivity contribution in [2.75, 3.05) is 25.0 Å². The Bertz CT molecular complexity index is 442. The third-order valence-electron chi connectivity index (χ3n) is 3.43. The van der Waals surface area contributed by atoms with E-state index >= 15 is 0 Å². The fraction of sp³-hybridized carbons (Fsp3) is 0.533. The molecule has 3 heteroatoms. The van der Waals surface area contributed by atoms with Gasteiger partial charge in [-0.1, -0.05) is 6.07 Å². The molecule has 0 aliphatic carbocycles. The van der Waals surface area contributed by atoms with Gasteiger partial charge in [0.05, 0.1) is 11.3 Å². The summed E-state index contributed by atoms with van der Waals surface area (Å²) in [7, 11) is 0. The quantitative estimate of drug-likeness (QED) is 0.883. The SMILES string of the molecule is Cc1ccc(C#N)c(NC(C)CN2CCCC2)c1. The van der Waals surface area contributed by atoms with Gasteiger partial charge in [0.15, 0.2) is 0 Å². The van der Waals surface area contributed by atoms with Gasteiger partial charge in [-0.3, -0.25) is 0 Å². The Balaban J connectivity index is 1.99. The summed E-state index contributed by atoms with van der Waals surface area (Å²) >= 11 is 0. The number of nitrogens with one attached hydrogen (secondary N) is 1. The summed E-state index contributed by atoms with van der Waals surface area (Å²) in [6, 6.07) is 8.54. The van der Waals surface area contributed by atoms with Crippen LogP contribution >= 0.6 is 0 Å². The van der Waals surface area contributed by atoms with E-state index in [-0.39, 0.29) is 0 Å². The summed E-state index contributed by atoms with van der Waals surface area (Å²) in [5.41, 5.74) is 2.88. The lowest BCUT2D eigenvalue weighted by Crippen LogP contribution is -2.33. The Kier molecular flexibility index (Phi) is 4.22. The summed E-state index contributed by atoms with van der Waals surface area (Å²) in [5, 5.41) is 12.6. The van der Waals surface area contributed by atoms with Crippen LogP contribution in [0.5, 0.6) is 0 Å². The molecule has 0 bridgehead atoms. The van der Waals surface area contributed by atoms with Crippen molar-refractivity contribution >= 4 is 5.69 Å². The molecule has 1 saturated heterocycles. The summed E-state index contributed by atoms with van der Waals surface area (Å²) in [4.78, 5) is 2.49. The first-order valence-electron chi connectivity index (χ1n) is 6.68. The maximum Gasteiger partial charge on any atom is 0.101 e. The lowest BCUT2D eigenvalue weighted by Gasteiger charge is -2.22. The molecule has 1 N–H and O–H groups in total. The summed E-state index contributed by atoms with van der Waals surface area (Å²) in [6.07, 6.45) is 2.64. The zero-order valence-corrected chi connectivity index (χ0v) is 11.2. The van der Waals surface area contributed by atoms with Crippen LogP contribution in [0.3, 0.4) is 0 Å². The molecule has 1 aromatic rings. The molecule has 1 heterocycles. The Morgan fingerprint density at radius 1 is 1.39 bits per heavy atom. The lowest BCUT2D eigenvalue weighted by atomic mass is 10.1. The van der Waals surface area contributed by atoms with E-state index in [1.165, 1.54) is 31.5 Å². The highest BCUT2D eigenvalue weighted by Crippen LogP contribution is 2.18. The van der Waals surface area contributed by atoms with E-state index in [4.69, 9.17) is 5.26 Å². The van der Waals surface area contributed by atoms with E-state index in [0.29, 0.717) is 6.04 Å². The highest BCUT2D eigenvalue weighted by Gasteiger charge is 2.15. The Morgan fingerprint density at radius 3 is 2.78 bits per heavy atom. The minimum absolute atomic E-state index is 0.372. The Morgan fingerprint density at radius 2 is 2.11 bits per heavy atom. The average molecular weight is 243 g/mol. The van der Waals surface area contributed by atoms with Crippen LogP contribution in [0.15, 0.2) is 18.2 Å². The molecule has 0 radical (unpaired) electrons. The van der Waals surface area contributed by atoms with Crippen LogP contribution in [-0.2, 0) is 0 Å². The highest BCUT2D eigenvalue weighted by molar-refractivity contribution is 5.59. The molecule has 1 unspecified atom stereocenters. The monoisotopic (exact) mass is 243 g/mol. The molecule has 96 valence electrons. The third kappa shape index (κ3) is 3.24. The van der Waals surface area contributed by atoms with Crippen LogP contribution in [0.4, 0.5) is 5.69 Å². The molecular weight excluding hydrogens is 222 g/mol. The van der Waals surface area contributed by atoms with Gasteiger partial charge in [0.1, 0.15) is 6.07 Å². The second-order valence-electron chi connectivity index (χ2n) is 5.21. The van der Waals surface area contributed by atoms with E-state index in [1.54, 1.807) is 0 Å². The van der Waals surface area contributed by atoms with E-state index < -0.39 is 0 Å². The number of hydrogen-bond donors (Lipinski definition) is 1. The van der Waals surface area contributed by atoms with Crippen LogP contribution < -0.4 is 5.32 Å². The van der Waals surface area contributed by atoms with Gasteiger partial charge in [0.25, 0.3) is 0 Å². The van der Waals surface area contributed by atoms with Crippen LogP contribution in [-0.4, -0.2) is 30.6 Å². The van der Waals surface area contributed by atoms with Gasteiger partial charge in [-0.05, 0) is 57.5 Å². The van der Waals surface area contributed by atoms with Crippen LogP contribution in [0.2, 0.25) is 0 Å². The summed E-state index contributed by atoms with van der Waals surface area (Å²) in [5.74, 6) is 0. The van der Waals surface area contributed by atoms with Crippen molar-refractivity contribution in [1.82, 2.24) is 4.90 Å². The van der Waals surface area contributed by atoms with E-state index in [1.807, 2.05) is 12.1 Å². The van der Waals surface area contributed by atoms with Crippen molar-refractivity contribution in [2.45, 2.75) is 32.7 Å². The van der Waals surface area contributed by atoms with Crippen molar-refractivity contribution in [3.8, 4) is 6.07 Å². The second-order valence-corrected chi connectivity index (χ2v) is 5.21. The first-order valence-corrected chi connectivity index (χ1v) is 6.68. The number of rotatable bonds is 4. The minimum atomic E-state index is 0.372. The molecule has 1 fully saturated rings. The van der Waals surface area contributed by atoms with Crippen molar-refractivity contribution in [1.29, 1.82) is 5.26 Å². The molecule has 3 nitrogen and oxygen atoms in total. The predicted octanol–water partition coefficient (Wildman–Crippen LogP) is 2.76. The molecule has 1 aliphatic heterocycles. The summed E-state index contributed by atoms with van der Waals surface area (Å²) in [6.45, 7) is 7.72. The Labute approximate surface area is 109 Å². The number of hydrogen-bond acceptors (Lipinski definition) is 3. The number of nitriles is 1. The Hall–Kier alpha value is -1.53. The number of nitrogens with zero attached hydrogens (tertiary/aromatic N) is 2. The molecule has 1 atom stereocenters. The van der Waals surface area contributed by atoms with Gasteiger partial charge in [-0.15, -0.1) is 0 Å². The number of aryl methyl sites for hydroxylation is 1. The van der Waals surface area contributed by atoms with Gasteiger partial charge in [0, 0.05) is 12.6 Å². The average Bonchev–Trinajstić information content (AvgIpc) is 2.82. The fourth-order valence-electron chi connectivity index (χ4n) is 2.54. The molecule has 0 saturated carbocycles. The van der Waals surface area contributed by atoms with E-state index in [2.05, 4.69) is 36.2 Å². The van der Waals surface area contributed by atoms with E-state index in [0.717, 1.165) is 17.8 Å². The lowest BCUT2D eigenvalue weighted by molar-refractivity contribution is 0.328. The van der Waals surface area contributed by atoms with Gasteiger partial charge in [-0.25, -0.2) is 0 Å². The number of anilines is 1. The first kappa shape index (κ1) is 12.9. The van der Waals surface area contributed by atoms with Gasteiger partial charge in [-0.2, -0.15) is 5.26 Å². The molecule has 1 aliphatic rings. The second kappa shape index (κ2) is 5.88. The molecule has 2 rings (SSSR count). The molecule has 18 heavy (non-hydrogen) atoms. The number of likely N-dealkylation sites (tertiary alicyclic amines) is 1. The zero-order chi connectivity index (χ0) is 13.0. The molecule has 0 aromatic heterocycles.